The van der Waals surface area contributed by atoms with E-state index >= 15 is 0 Å². The lowest BCUT2D eigenvalue weighted by Gasteiger charge is -2.14. The van der Waals surface area contributed by atoms with Gasteiger partial charge in [-0.15, -0.1) is 0 Å². The molecular weight excluding hydrogens is 427 g/mol. The number of amides is 1. The number of aromatic nitrogens is 1. The van der Waals surface area contributed by atoms with E-state index in [1.165, 1.54) is 23.5 Å². The van der Waals surface area contributed by atoms with Crippen molar-refractivity contribution >= 4 is 45.0 Å². The lowest BCUT2D eigenvalue weighted by molar-refractivity contribution is 0.0926. The average Bonchev–Trinajstić information content (AvgIpc) is 3.30. The van der Waals surface area contributed by atoms with Crippen LogP contribution in [0, 0.1) is 6.92 Å². The van der Waals surface area contributed by atoms with Crippen molar-refractivity contribution in [1.82, 2.24) is 14.6 Å². The number of rotatable bonds is 7. The molecule has 2 aromatic heterocycles. The second-order valence-electron chi connectivity index (χ2n) is 6.31. The molecule has 0 saturated carbocycles. The lowest BCUT2D eigenvalue weighted by Crippen LogP contribution is -2.29. The van der Waals surface area contributed by atoms with Crippen molar-refractivity contribution in [2.24, 2.45) is 0 Å². The van der Waals surface area contributed by atoms with Gasteiger partial charge in [-0.05, 0) is 25.8 Å². The molecule has 152 valence electrons. The topological polar surface area (TPSA) is 105 Å². The minimum absolute atomic E-state index is 0.0369. The molecule has 3 heterocycles. The summed E-state index contributed by atoms with van der Waals surface area (Å²) >= 11 is 11.8. The Morgan fingerprint density at radius 3 is 2.64 bits per heavy atom. The quantitative estimate of drug-likeness (QED) is 0.633. The monoisotopic (exact) mass is 446 g/mol. The summed E-state index contributed by atoms with van der Waals surface area (Å²) in [5, 5.41) is 6.44. The van der Waals surface area contributed by atoms with Gasteiger partial charge in [-0.2, -0.15) is 4.31 Å². The highest BCUT2D eigenvalue weighted by Crippen LogP contribution is 2.26. The number of furan rings is 1. The Morgan fingerprint density at radius 2 is 1.96 bits per heavy atom. The number of halogens is 2. The summed E-state index contributed by atoms with van der Waals surface area (Å²) in [7, 11) is -3.64. The highest BCUT2D eigenvalue weighted by atomic mass is 35.5. The fourth-order valence-corrected chi connectivity index (χ4v) is 5.01. The smallest absolute Gasteiger partial charge is 0.287 e. The molecule has 0 radical (unpaired) electrons. The molecule has 1 amide bonds. The van der Waals surface area contributed by atoms with E-state index in [4.69, 9.17) is 27.6 Å². The Balaban J connectivity index is 1.58. The lowest BCUT2D eigenvalue weighted by atomic mass is 10.4. The first-order valence-corrected chi connectivity index (χ1v) is 10.9. The highest BCUT2D eigenvalue weighted by Gasteiger charge is 2.31. The van der Waals surface area contributed by atoms with Crippen molar-refractivity contribution in [3.05, 3.63) is 39.9 Å². The Kier molecular flexibility index (Phi) is 6.49. The third kappa shape index (κ3) is 4.60. The van der Waals surface area contributed by atoms with Gasteiger partial charge in [0.05, 0.1) is 10.0 Å². The number of anilines is 1. The van der Waals surface area contributed by atoms with Crippen LogP contribution in [0.2, 0.25) is 10.0 Å². The van der Waals surface area contributed by atoms with Gasteiger partial charge >= 0.3 is 0 Å². The molecule has 8 nitrogen and oxygen atoms in total. The molecular formula is C17H20Cl2N4O4S. The number of aryl methyl sites for hydroxylation is 1. The van der Waals surface area contributed by atoms with Gasteiger partial charge in [-0.1, -0.05) is 23.2 Å². The fraction of sp³-hybridized carbons (Fsp3) is 0.412. The summed E-state index contributed by atoms with van der Waals surface area (Å²) in [6.45, 7) is 3.13. The van der Waals surface area contributed by atoms with Crippen LogP contribution in [0.1, 0.15) is 29.2 Å². The van der Waals surface area contributed by atoms with Gasteiger partial charge in [0, 0.05) is 38.4 Å². The molecule has 3 rings (SSSR count). The summed E-state index contributed by atoms with van der Waals surface area (Å²) in [4.78, 5) is 16.4. The molecule has 1 aliphatic rings. The summed E-state index contributed by atoms with van der Waals surface area (Å²) in [6, 6.07) is 2.84. The maximum Gasteiger partial charge on any atom is 0.287 e. The molecule has 0 bridgehead atoms. The van der Waals surface area contributed by atoms with Crippen LogP contribution in [-0.4, -0.2) is 49.8 Å². The number of hydrogen-bond donors (Lipinski definition) is 2. The minimum atomic E-state index is -3.64. The van der Waals surface area contributed by atoms with Crippen molar-refractivity contribution in [1.29, 1.82) is 0 Å². The second-order valence-corrected chi connectivity index (χ2v) is 9.06. The summed E-state index contributed by atoms with van der Waals surface area (Å²) in [6.07, 6.45) is 3.13. The number of sulfonamides is 1. The molecule has 0 unspecified atom stereocenters. The number of nitrogens with one attached hydrogen (secondary N) is 2. The van der Waals surface area contributed by atoms with Gasteiger partial charge in [-0.3, -0.25) is 4.79 Å². The summed E-state index contributed by atoms with van der Waals surface area (Å²) in [5.74, 6) is 0.112. The maximum atomic E-state index is 12.7. The number of carbonyl (C=O) groups excluding carboxylic acids is 1. The average molecular weight is 447 g/mol. The first-order valence-electron chi connectivity index (χ1n) is 8.73. The first kappa shape index (κ1) is 20.9. The summed E-state index contributed by atoms with van der Waals surface area (Å²) in [5.41, 5.74) is 0. The van der Waals surface area contributed by atoms with E-state index in [0.717, 1.165) is 12.8 Å². The van der Waals surface area contributed by atoms with Gasteiger partial charge in [0.15, 0.2) is 5.76 Å². The molecule has 2 aromatic rings. The minimum Gasteiger partial charge on any atom is -0.455 e. The van der Waals surface area contributed by atoms with E-state index in [9.17, 15) is 13.2 Å². The van der Waals surface area contributed by atoms with Crippen LogP contribution in [0.15, 0.2) is 27.6 Å². The zero-order chi connectivity index (χ0) is 20.3. The van der Waals surface area contributed by atoms with Crippen LogP contribution in [-0.2, 0) is 10.0 Å². The normalized spacial score (nSPS) is 15.0. The van der Waals surface area contributed by atoms with Crippen molar-refractivity contribution in [2.75, 3.05) is 31.5 Å². The van der Waals surface area contributed by atoms with Crippen molar-refractivity contribution in [3.8, 4) is 0 Å². The Hall–Kier alpha value is -1.81. The molecule has 1 fully saturated rings. The van der Waals surface area contributed by atoms with Gasteiger partial charge in [0.2, 0.25) is 10.0 Å². The number of pyridine rings is 1. The molecule has 11 heteroatoms. The highest BCUT2D eigenvalue weighted by molar-refractivity contribution is 7.89. The fourth-order valence-electron chi connectivity index (χ4n) is 2.89. The molecule has 0 atom stereocenters. The van der Waals surface area contributed by atoms with E-state index in [1.54, 1.807) is 6.07 Å². The zero-order valence-electron chi connectivity index (χ0n) is 15.2. The molecule has 0 aromatic carbocycles. The second kappa shape index (κ2) is 8.69. The van der Waals surface area contributed by atoms with Gasteiger partial charge in [0.25, 0.3) is 5.91 Å². The molecule has 2 N–H and O–H groups in total. The molecule has 1 aliphatic heterocycles. The van der Waals surface area contributed by atoms with E-state index in [0.29, 0.717) is 35.5 Å². The SMILES string of the molecule is Cc1oc(C(=O)NCCNc2ncc(Cl)cc2Cl)cc1S(=O)(=O)N1CCCC1. The van der Waals surface area contributed by atoms with Crippen LogP contribution < -0.4 is 10.6 Å². The van der Waals surface area contributed by atoms with Crippen molar-refractivity contribution < 1.29 is 17.6 Å². The first-order chi connectivity index (χ1) is 13.3. The van der Waals surface area contributed by atoms with Crippen LogP contribution >= 0.6 is 23.2 Å². The molecule has 0 aliphatic carbocycles. The van der Waals surface area contributed by atoms with Gasteiger partial charge in [0.1, 0.15) is 16.5 Å². The van der Waals surface area contributed by atoms with Crippen LogP contribution in [0.5, 0.6) is 0 Å². The standard InChI is InChI=1S/C17H20Cl2N4O4S/c1-11-15(28(25,26)23-6-2-3-7-23)9-14(27-11)17(24)21-5-4-20-16-13(19)8-12(18)10-22-16/h8-10H,2-7H2,1H3,(H,20,22)(H,21,24). The van der Waals surface area contributed by atoms with E-state index in [2.05, 4.69) is 15.6 Å². The third-order valence-electron chi connectivity index (χ3n) is 4.29. The van der Waals surface area contributed by atoms with E-state index in [1.807, 2.05) is 0 Å². The number of nitrogens with zero attached hydrogens (tertiary/aromatic N) is 2. The van der Waals surface area contributed by atoms with E-state index in [-0.39, 0.29) is 23.0 Å². The van der Waals surface area contributed by atoms with Gasteiger partial charge in [-0.25, -0.2) is 13.4 Å². The number of carbonyl (C=O) groups is 1. The third-order valence-corrected chi connectivity index (χ3v) is 6.79. The molecule has 0 spiro atoms. The largest absolute Gasteiger partial charge is 0.455 e. The molecule has 28 heavy (non-hydrogen) atoms. The van der Waals surface area contributed by atoms with Crippen molar-refractivity contribution in [2.45, 2.75) is 24.7 Å². The van der Waals surface area contributed by atoms with Crippen LogP contribution in [0.4, 0.5) is 5.82 Å². The van der Waals surface area contributed by atoms with Crippen LogP contribution in [0.3, 0.4) is 0 Å². The number of hydrogen-bond acceptors (Lipinski definition) is 6. The summed E-state index contributed by atoms with van der Waals surface area (Å²) < 4.78 is 32.1. The van der Waals surface area contributed by atoms with E-state index < -0.39 is 15.9 Å². The van der Waals surface area contributed by atoms with Crippen molar-refractivity contribution in [3.63, 3.8) is 0 Å². The molecule has 1 saturated heterocycles. The predicted molar refractivity (Wildman–Crippen MR) is 107 cm³/mol. The Morgan fingerprint density at radius 1 is 1.25 bits per heavy atom. The Bertz CT molecular complexity index is 972. The maximum absolute atomic E-state index is 12.7. The zero-order valence-corrected chi connectivity index (χ0v) is 17.5. The predicted octanol–water partition coefficient (Wildman–Crippen LogP) is 2.92. The Labute approximate surface area is 173 Å². The van der Waals surface area contributed by atoms with Crippen LogP contribution in [0.25, 0.3) is 0 Å². The van der Waals surface area contributed by atoms with Gasteiger partial charge < -0.3 is 15.1 Å².